The van der Waals surface area contributed by atoms with E-state index in [1.807, 2.05) is 6.92 Å². The van der Waals surface area contributed by atoms with E-state index in [-0.39, 0.29) is 34.4 Å². The van der Waals surface area contributed by atoms with E-state index in [4.69, 9.17) is 30.2 Å². The maximum Gasteiger partial charge on any atom is 0.348 e. The maximum atomic E-state index is 12.7. The van der Waals surface area contributed by atoms with Gasteiger partial charge in [0.05, 0.1) is 19.3 Å². The monoisotopic (exact) mass is 491 g/mol. The molecule has 33 heavy (non-hydrogen) atoms. The third-order valence-corrected chi connectivity index (χ3v) is 6.23. The second-order valence-corrected chi connectivity index (χ2v) is 8.32. The summed E-state index contributed by atoms with van der Waals surface area (Å²) < 4.78 is 21.1. The topological polar surface area (TPSA) is 104 Å². The molecule has 0 atom stereocenters. The lowest BCUT2D eigenvalue weighted by Crippen LogP contribution is -2.13. The zero-order chi connectivity index (χ0) is 24.1. The van der Waals surface area contributed by atoms with Gasteiger partial charge in [0.15, 0.2) is 5.76 Å². The highest BCUT2D eigenvalue weighted by atomic mass is 35.5. The molecule has 0 unspecified atom stereocenters. The van der Waals surface area contributed by atoms with Gasteiger partial charge >= 0.3 is 11.9 Å². The van der Waals surface area contributed by atoms with Crippen LogP contribution >= 0.6 is 22.9 Å². The summed E-state index contributed by atoms with van der Waals surface area (Å²) in [6.45, 7) is 5.42. The van der Waals surface area contributed by atoms with E-state index in [0.29, 0.717) is 22.1 Å². The number of methoxy groups -OCH3 is 1. The molecule has 0 spiro atoms. The van der Waals surface area contributed by atoms with E-state index in [1.165, 1.54) is 13.2 Å². The molecule has 0 aliphatic rings. The van der Waals surface area contributed by atoms with Crippen molar-refractivity contribution in [2.24, 2.45) is 0 Å². The Morgan fingerprint density at radius 2 is 1.88 bits per heavy atom. The molecule has 0 aliphatic carbocycles. The van der Waals surface area contributed by atoms with E-state index in [0.717, 1.165) is 16.9 Å². The molecule has 0 bridgehead atoms. The molecule has 0 fully saturated rings. The number of furan rings is 1. The molecule has 0 radical (unpaired) electrons. The van der Waals surface area contributed by atoms with Crippen molar-refractivity contribution >= 4 is 45.8 Å². The third kappa shape index (κ3) is 5.55. The highest BCUT2D eigenvalue weighted by Crippen LogP contribution is 2.34. The summed E-state index contributed by atoms with van der Waals surface area (Å²) in [5.41, 5.74) is 1.34. The summed E-state index contributed by atoms with van der Waals surface area (Å²) in [6, 6.07) is 8.38. The summed E-state index contributed by atoms with van der Waals surface area (Å²) in [7, 11) is 1.22. The van der Waals surface area contributed by atoms with Gasteiger partial charge in [-0.1, -0.05) is 11.6 Å². The van der Waals surface area contributed by atoms with Crippen LogP contribution in [-0.2, 0) is 16.1 Å². The number of carbonyl (C=O) groups is 3. The second kappa shape index (κ2) is 10.5. The van der Waals surface area contributed by atoms with E-state index in [2.05, 4.69) is 5.32 Å². The molecule has 0 saturated carbocycles. The number of carbonyl (C=O) groups excluding carboxylic acids is 3. The van der Waals surface area contributed by atoms with Gasteiger partial charge in [0.25, 0.3) is 5.91 Å². The number of hydrogen-bond donors (Lipinski definition) is 1. The number of amides is 1. The van der Waals surface area contributed by atoms with Crippen LogP contribution in [0.3, 0.4) is 0 Å². The number of nitrogens with one attached hydrogen (secondary N) is 1. The first-order chi connectivity index (χ1) is 15.7. The van der Waals surface area contributed by atoms with Gasteiger partial charge in [0.2, 0.25) is 0 Å². The van der Waals surface area contributed by atoms with E-state index in [9.17, 15) is 14.4 Å². The minimum absolute atomic E-state index is 0.0143. The number of anilines is 1. The molecule has 2 heterocycles. The van der Waals surface area contributed by atoms with Crippen molar-refractivity contribution < 1.29 is 33.0 Å². The van der Waals surface area contributed by atoms with E-state index in [1.54, 1.807) is 38.1 Å². The Morgan fingerprint density at radius 1 is 1.12 bits per heavy atom. The Labute approximate surface area is 199 Å². The maximum absolute atomic E-state index is 12.7. The molecule has 10 heteroatoms. The fourth-order valence-corrected chi connectivity index (χ4v) is 4.15. The lowest BCUT2D eigenvalue weighted by molar-refractivity contribution is 0.0531. The molecule has 174 valence electrons. The van der Waals surface area contributed by atoms with Gasteiger partial charge in [-0.05, 0) is 62.2 Å². The predicted octanol–water partition coefficient (Wildman–Crippen LogP) is 5.41. The number of benzene rings is 1. The van der Waals surface area contributed by atoms with Crippen LogP contribution in [-0.4, -0.2) is 31.6 Å². The molecule has 3 aromatic rings. The van der Waals surface area contributed by atoms with Crippen LogP contribution in [0.5, 0.6) is 5.75 Å². The number of thiophene rings is 1. The van der Waals surface area contributed by atoms with Crippen molar-refractivity contribution in [3.05, 3.63) is 68.4 Å². The van der Waals surface area contributed by atoms with Crippen LogP contribution < -0.4 is 10.1 Å². The lowest BCUT2D eigenvalue weighted by Gasteiger charge is -2.06. The average Bonchev–Trinajstić information content (AvgIpc) is 3.39. The van der Waals surface area contributed by atoms with E-state index < -0.39 is 17.8 Å². The third-order valence-electron chi connectivity index (χ3n) is 4.62. The lowest BCUT2D eigenvalue weighted by atomic mass is 10.1. The Hall–Kier alpha value is -3.30. The molecular formula is C23H22ClNO7S. The first kappa shape index (κ1) is 24.3. The molecule has 2 aromatic heterocycles. The van der Waals surface area contributed by atoms with Crippen molar-refractivity contribution in [3.63, 3.8) is 0 Å². The van der Waals surface area contributed by atoms with Crippen LogP contribution in [0.1, 0.15) is 54.4 Å². The molecule has 1 N–H and O–H groups in total. The molecule has 1 amide bonds. The van der Waals surface area contributed by atoms with Crippen molar-refractivity contribution in [2.45, 2.75) is 27.4 Å². The summed E-state index contributed by atoms with van der Waals surface area (Å²) in [5.74, 6) is -0.800. The van der Waals surface area contributed by atoms with Gasteiger partial charge < -0.3 is 23.9 Å². The highest BCUT2D eigenvalue weighted by Gasteiger charge is 2.27. The minimum atomic E-state index is -0.679. The van der Waals surface area contributed by atoms with E-state index >= 15 is 0 Å². The van der Waals surface area contributed by atoms with Gasteiger partial charge in [-0.3, -0.25) is 4.79 Å². The summed E-state index contributed by atoms with van der Waals surface area (Å²) in [6.07, 6.45) is 0. The average molecular weight is 492 g/mol. The quantitative estimate of drug-likeness (QED) is 0.420. The summed E-state index contributed by atoms with van der Waals surface area (Å²) in [5, 5.41) is 3.43. The largest absolute Gasteiger partial charge is 0.486 e. The van der Waals surface area contributed by atoms with Crippen molar-refractivity contribution in [1.29, 1.82) is 0 Å². The van der Waals surface area contributed by atoms with Crippen LogP contribution in [0.4, 0.5) is 5.00 Å². The molecule has 0 saturated heterocycles. The van der Waals surface area contributed by atoms with Gasteiger partial charge in [-0.2, -0.15) is 0 Å². The fraction of sp³-hybridized carbons (Fsp3) is 0.261. The zero-order valence-corrected chi connectivity index (χ0v) is 20.0. The second-order valence-electron chi connectivity index (χ2n) is 6.89. The minimum Gasteiger partial charge on any atom is -0.486 e. The van der Waals surface area contributed by atoms with Crippen molar-refractivity contribution in [1.82, 2.24) is 0 Å². The highest BCUT2D eigenvalue weighted by molar-refractivity contribution is 7.18. The van der Waals surface area contributed by atoms with Gasteiger partial charge in [0, 0.05) is 5.02 Å². The number of ether oxygens (including phenoxy) is 3. The van der Waals surface area contributed by atoms with Crippen LogP contribution in [0, 0.1) is 13.8 Å². The molecule has 0 aliphatic heterocycles. The standard InChI is InChI=1S/C23H22ClNO7S/c1-5-30-23(28)19-13(3)18(22(27)29-4)21(33-19)25-20(26)17-9-7-15(32-17)11-31-14-6-8-16(24)12(2)10-14/h6-10H,5,11H2,1-4H3,(H,25,26). The van der Waals surface area contributed by atoms with Crippen LogP contribution in [0.2, 0.25) is 5.02 Å². The first-order valence-electron chi connectivity index (χ1n) is 9.93. The SMILES string of the molecule is CCOC(=O)c1sc(NC(=O)c2ccc(COc3ccc(Cl)c(C)c3)o2)c(C(=O)OC)c1C. The zero-order valence-electron chi connectivity index (χ0n) is 18.4. The first-order valence-corrected chi connectivity index (χ1v) is 11.1. The molecule has 3 rings (SSSR count). The summed E-state index contributed by atoms with van der Waals surface area (Å²) in [4.78, 5) is 37.4. The number of esters is 2. The van der Waals surface area contributed by atoms with Crippen LogP contribution in [0.15, 0.2) is 34.7 Å². The normalized spacial score (nSPS) is 10.6. The Kier molecular flexibility index (Phi) is 7.78. The number of rotatable bonds is 8. The van der Waals surface area contributed by atoms with Gasteiger partial charge in [0.1, 0.15) is 28.0 Å². The number of halogens is 1. The number of hydrogen-bond acceptors (Lipinski definition) is 8. The summed E-state index contributed by atoms with van der Waals surface area (Å²) >= 11 is 6.95. The van der Waals surface area contributed by atoms with Gasteiger partial charge in [-0.15, -0.1) is 11.3 Å². The Bertz CT molecular complexity index is 1200. The number of aryl methyl sites for hydroxylation is 1. The molecule has 8 nitrogen and oxygen atoms in total. The van der Waals surface area contributed by atoms with Crippen molar-refractivity contribution in [3.8, 4) is 5.75 Å². The van der Waals surface area contributed by atoms with Gasteiger partial charge in [-0.25, -0.2) is 9.59 Å². The Balaban J connectivity index is 1.75. The molecular weight excluding hydrogens is 470 g/mol. The van der Waals surface area contributed by atoms with Crippen molar-refractivity contribution in [2.75, 3.05) is 19.0 Å². The predicted molar refractivity (Wildman–Crippen MR) is 124 cm³/mol. The fourth-order valence-electron chi connectivity index (χ4n) is 2.94. The smallest absolute Gasteiger partial charge is 0.348 e. The van der Waals surface area contributed by atoms with Crippen LogP contribution in [0.25, 0.3) is 0 Å². The Morgan fingerprint density at radius 3 is 2.55 bits per heavy atom. The molecule has 1 aromatic carbocycles.